The molecule has 0 aliphatic rings. The summed E-state index contributed by atoms with van der Waals surface area (Å²) in [6.45, 7) is 0.287. The SMILES string of the molecule is COc1cccc(CNC(=O)c2cccc(S(=O)(=O)N(C)c3cccc(Cl)c3)c2)c1. The fourth-order valence-electron chi connectivity index (χ4n) is 2.83. The molecule has 0 atom stereocenters. The van der Waals surface area contributed by atoms with Gasteiger partial charge in [-0.3, -0.25) is 9.10 Å². The highest BCUT2D eigenvalue weighted by Gasteiger charge is 2.22. The van der Waals surface area contributed by atoms with Gasteiger partial charge in [0.1, 0.15) is 5.75 Å². The van der Waals surface area contributed by atoms with E-state index in [0.717, 1.165) is 9.87 Å². The molecule has 3 aromatic carbocycles. The van der Waals surface area contributed by atoms with Crippen LogP contribution in [0.25, 0.3) is 0 Å². The lowest BCUT2D eigenvalue weighted by molar-refractivity contribution is 0.0950. The van der Waals surface area contributed by atoms with Crippen molar-refractivity contribution in [3.8, 4) is 5.75 Å². The van der Waals surface area contributed by atoms with Gasteiger partial charge in [0.05, 0.1) is 17.7 Å². The number of ether oxygens (including phenoxy) is 1. The van der Waals surface area contributed by atoms with E-state index in [1.165, 1.54) is 19.2 Å². The summed E-state index contributed by atoms with van der Waals surface area (Å²) in [5, 5.41) is 3.22. The zero-order valence-corrected chi connectivity index (χ0v) is 18.1. The molecule has 0 fully saturated rings. The fourth-order valence-corrected chi connectivity index (χ4v) is 4.25. The van der Waals surface area contributed by atoms with E-state index in [0.29, 0.717) is 16.5 Å². The molecule has 30 heavy (non-hydrogen) atoms. The Morgan fingerprint density at radius 3 is 2.50 bits per heavy atom. The highest BCUT2D eigenvalue weighted by atomic mass is 35.5. The van der Waals surface area contributed by atoms with Crippen molar-refractivity contribution in [2.24, 2.45) is 0 Å². The maximum atomic E-state index is 13.0. The van der Waals surface area contributed by atoms with E-state index in [1.54, 1.807) is 43.5 Å². The first-order chi connectivity index (χ1) is 14.3. The molecule has 8 heteroatoms. The number of benzene rings is 3. The summed E-state index contributed by atoms with van der Waals surface area (Å²) in [5.41, 5.74) is 1.54. The van der Waals surface area contributed by atoms with Crippen LogP contribution in [-0.2, 0) is 16.6 Å². The van der Waals surface area contributed by atoms with Crippen molar-refractivity contribution < 1.29 is 17.9 Å². The van der Waals surface area contributed by atoms with E-state index < -0.39 is 10.0 Å². The molecule has 0 bridgehead atoms. The second kappa shape index (κ2) is 9.19. The molecule has 0 aliphatic carbocycles. The first-order valence-electron chi connectivity index (χ1n) is 9.07. The van der Waals surface area contributed by atoms with E-state index >= 15 is 0 Å². The van der Waals surface area contributed by atoms with E-state index in [9.17, 15) is 13.2 Å². The number of hydrogen-bond acceptors (Lipinski definition) is 4. The number of amides is 1. The van der Waals surface area contributed by atoms with Gasteiger partial charge in [0.15, 0.2) is 0 Å². The zero-order valence-electron chi connectivity index (χ0n) is 16.5. The van der Waals surface area contributed by atoms with E-state index in [1.807, 2.05) is 24.3 Å². The van der Waals surface area contributed by atoms with Gasteiger partial charge in [-0.1, -0.05) is 35.9 Å². The molecule has 0 unspecified atom stereocenters. The normalized spacial score (nSPS) is 11.0. The molecule has 6 nitrogen and oxygen atoms in total. The van der Waals surface area contributed by atoms with Crippen LogP contribution in [-0.4, -0.2) is 28.5 Å². The average Bonchev–Trinajstić information content (AvgIpc) is 2.77. The molecular weight excluding hydrogens is 424 g/mol. The maximum absolute atomic E-state index is 13.0. The van der Waals surface area contributed by atoms with Crippen molar-refractivity contribution in [2.75, 3.05) is 18.5 Å². The molecule has 0 radical (unpaired) electrons. The van der Waals surface area contributed by atoms with Gasteiger partial charge in [0.2, 0.25) is 0 Å². The van der Waals surface area contributed by atoms with Gasteiger partial charge in [0, 0.05) is 24.2 Å². The Bertz CT molecular complexity index is 1170. The van der Waals surface area contributed by atoms with Crippen molar-refractivity contribution in [1.29, 1.82) is 0 Å². The number of sulfonamides is 1. The minimum absolute atomic E-state index is 0.0130. The summed E-state index contributed by atoms with van der Waals surface area (Å²) < 4.78 is 32.3. The molecular formula is C22H21ClN2O4S. The molecule has 156 valence electrons. The van der Waals surface area contributed by atoms with Gasteiger partial charge in [0.25, 0.3) is 15.9 Å². The first kappa shape index (κ1) is 21.7. The largest absolute Gasteiger partial charge is 0.497 e. The van der Waals surface area contributed by atoms with Crippen LogP contribution in [0, 0.1) is 0 Å². The predicted molar refractivity (Wildman–Crippen MR) is 118 cm³/mol. The smallest absolute Gasteiger partial charge is 0.264 e. The Labute approximate surface area is 181 Å². The molecule has 0 saturated carbocycles. The molecule has 0 spiro atoms. The Balaban J connectivity index is 1.78. The third kappa shape index (κ3) is 4.93. The molecule has 3 aromatic rings. The van der Waals surface area contributed by atoms with E-state index in [2.05, 4.69) is 5.32 Å². The van der Waals surface area contributed by atoms with Crippen LogP contribution < -0.4 is 14.4 Å². The summed E-state index contributed by atoms with van der Waals surface area (Å²) in [7, 11) is -0.848. The van der Waals surface area contributed by atoms with Gasteiger partial charge in [-0.25, -0.2) is 8.42 Å². The minimum atomic E-state index is -3.86. The zero-order chi connectivity index (χ0) is 21.7. The van der Waals surface area contributed by atoms with Gasteiger partial charge in [-0.15, -0.1) is 0 Å². The lowest BCUT2D eigenvalue weighted by Gasteiger charge is -2.20. The highest BCUT2D eigenvalue weighted by molar-refractivity contribution is 7.92. The van der Waals surface area contributed by atoms with Gasteiger partial charge >= 0.3 is 0 Å². The summed E-state index contributed by atoms with van der Waals surface area (Å²) in [5.74, 6) is 0.319. The van der Waals surface area contributed by atoms with Crippen LogP contribution in [0.1, 0.15) is 15.9 Å². The van der Waals surface area contributed by atoms with Crippen molar-refractivity contribution in [2.45, 2.75) is 11.4 Å². The maximum Gasteiger partial charge on any atom is 0.264 e. The number of halogens is 1. The number of nitrogens with one attached hydrogen (secondary N) is 1. The van der Waals surface area contributed by atoms with Crippen LogP contribution in [0.15, 0.2) is 77.7 Å². The second-order valence-electron chi connectivity index (χ2n) is 6.51. The Morgan fingerprint density at radius 2 is 1.77 bits per heavy atom. The molecule has 1 N–H and O–H groups in total. The number of carbonyl (C=O) groups excluding carboxylic acids is 1. The van der Waals surface area contributed by atoms with Crippen LogP contribution in [0.3, 0.4) is 0 Å². The van der Waals surface area contributed by atoms with Crippen molar-refractivity contribution in [3.63, 3.8) is 0 Å². The molecule has 0 heterocycles. The summed E-state index contributed by atoms with van der Waals surface area (Å²) in [6.07, 6.45) is 0. The van der Waals surface area contributed by atoms with E-state index in [-0.39, 0.29) is 22.9 Å². The molecule has 0 aromatic heterocycles. The quantitative estimate of drug-likeness (QED) is 0.595. The third-order valence-electron chi connectivity index (χ3n) is 4.51. The van der Waals surface area contributed by atoms with Crippen LogP contribution in [0.4, 0.5) is 5.69 Å². The van der Waals surface area contributed by atoms with Crippen LogP contribution >= 0.6 is 11.6 Å². The monoisotopic (exact) mass is 444 g/mol. The predicted octanol–water partition coefficient (Wildman–Crippen LogP) is 4.10. The minimum Gasteiger partial charge on any atom is -0.497 e. The standard InChI is InChI=1S/C22H21ClN2O4S/c1-25(19-9-5-8-18(23)14-19)30(27,28)21-11-4-7-17(13-21)22(26)24-15-16-6-3-10-20(12-16)29-2/h3-14H,15H2,1-2H3,(H,24,26). The Kier molecular flexibility index (Phi) is 6.64. The molecule has 0 aliphatic heterocycles. The Morgan fingerprint density at radius 1 is 1.03 bits per heavy atom. The molecule has 0 saturated heterocycles. The van der Waals surface area contributed by atoms with Crippen molar-refractivity contribution in [1.82, 2.24) is 5.32 Å². The molecule has 3 rings (SSSR count). The fraction of sp³-hybridized carbons (Fsp3) is 0.136. The number of anilines is 1. The van der Waals surface area contributed by atoms with Gasteiger partial charge < -0.3 is 10.1 Å². The number of carbonyl (C=O) groups is 1. The summed E-state index contributed by atoms with van der Waals surface area (Å²) >= 11 is 5.97. The number of nitrogens with zero attached hydrogens (tertiary/aromatic N) is 1. The Hall–Kier alpha value is -3.03. The highest BCUT2D eigenvalue weighted by Crippen LogP contribution is 2.25. The topological polar surface area (TPSA) is 75.7 Å². The van der Waals surface area contributed by atoms with Crippen LogP contribution in [0.5, 0.6) is 5.75 Å². The summed E-state index contributed by atoms with van der Waals surface area (Å²) in [6, 6.07) is 19.8. The van der Waals surface area contributed by atoms with Gasteiger partial charge in [-0.2, -0.15) is 0 Å². The van der Waals surface area contributed by atoms with Crippen LogP contribution in [0.2, 0.25) is 5.02 Å². The van der Waals surface area contributed by atoms with Crippen molar-refractivity contribution in [3.05, 3.63) is 88.9 Å². The molecule has 1 amide bonds. The van der Waals surface area contributed by atoms with E-state index in [4.69, 9.17) is 16.3 Å². The summed E-state index contributed by atoms with van der Waals surface area (Å²) in [4.78, 5) is 12.6. The number of rotatable bonds is 7. The number of methoxy groups -OCH3 is 1. The first-order valence-corrected chi connectivity index (χ1v) is 10.9. The van der Waals surface area contributed by atoms with Crippen molar-refractivity contribution >= 4 is 33.2 Å². The average molecular weight is 445 g/mol. The third-order valence-corrected chi connectivity index (χ3v) is 6.53. The second-order valence-corrected chi connectivity index (χ2v) is 8.92. The lowest BCUT2D eigenvalue weighted by Crippen LogP contribution is -2.27. The lowest BCUT2D eigenvalue weighted by atomic mass is 10.2. The van der Waals surface area contributed by atoms with Gasteiger partial charge in [-0.05, 0) is 54.1 Å². The number of hydrogen-bond donors (Lipinski definition) is 1.